The predicted molar refractivity (Wildman–Crippen MR) is 105 cm³/mol. The second kappa shape index (κ2) is 7.50. The van der Waals surface area contributed by atoms with Crippen LogP contribution in [0.1, 0.15) is 41.6 Å². The molecule has 0 unspecified atom stereocenters. The Hall–Kier alpha value is -2.08. The number of piperazine rings is 1. The summed E-state index contributed by atoms with van der Waals surface area (Å²) < 4.78 is 0. The molecule has 3 amide bonds. The molecule has 4 rings (SSSR count). The molecule has 3 aliphatic rings. The quantitative estimate of drug-likeness (QED) is 0.887. The Morgan fingerprint density at radius 2 is 1.59 bits per heavy atom. The molecule has 146 valence electrons. The summed E-state index contributed by atoms with van der Waals surface area (Å²) in [6, 6.07) is 7.67. The van der Waals surface area contributed by atoms with Gasteiger partial charge in [-0.25, -0.2) is 4.79 Å². The molecule has 1 aliphatic carbocycles. The zero-order chi connectivity index (χ0) is 18.9. The highest BCUT2D eigenvalue weighted by Gasteiger charge is 2.46. The summed E-state index contributed by atoms with van der Waals surface area (Å²) in [6.45, 7) is 5.75. The van der Waals surface area contributed by atoms with Gasteiger partial charge in [-0.2, -0.15) is 0 Å². The number of urea groups is 1. The number of likely N-dealkylation sites (N-methyl/N-ethyl adjacent to an activating group) is 1. The van der Waals surface area contributed by atoms with E-state index in [2.05, 4.69) is 17.3 Å². The van der Waals surface area contributed by atoms with Gasteiger partial charge in [0.15, 0.2) is 0 Å². The van der Waals surface area contributed by atoms with Crippen molar-refractivity contribution in [3.63, 3.8) is 0 Å². The Bertz CT molecular complexity index is 681. The third-order valence-electron chi connectivity index (χ3n) is 6.44. The monoisotopic (exact) mass is 370 g/mol. The van der Waals surface area contributed by atoms with Crippen molar-refractivity contribution in [3.05, 3.63) is 35.4 Å². The number of amides is 3. The highest BCUT2D eigenvalue weighted by atomic mass is 16.2. The van der Waals surface area contributed by atoms with Crippen molar-refractivity contribution in [2.75, 3.05) is 46.3 Å². The van der Waals surface area contributed by atoms with Crippen LogP contribution in [0.2, 0.25) is 0 Å². The van der Waals surface area contributed by atoms with E-state index < -0.39 is 0 Å². The summed E-state index contributed by atoms with van der Waals surface area (Å²) in [5, 5.41) is 3.01. The summed E-state index contributed by atoms with van der Waals surface area (Å²) in [6.07, 6.45) is 5.18. The average Bonchev–Trinajstić information content (AvgIpc) is 3.16. The van der Waals surface area contributed by atoms with Crippen LogP contribution in [0.3, 0.4) is 0 Å². The van der Waals surface area contributed by atoms with E-state index in [-0.39, 0.29) is 11.9 Å². The van der Waals surface area contributed by atoms with Gasteiger partial charge in [-0.3, -0.25) is 4.79 Å². The van der Waals surface area contributed by atoms with E-state index in [0.29, 0.717) is 12.0 Å². The molecule has 3 fully saturated rings. The Balaban J connectivity index is 1.24. The van der Waals surface area contributed by atoms with E-state index in [1.54, 1.807) is 0 Å². The molecule has 1 aromatic carbocycles. The van der Waals surface area contributed by atoms with Crippen molar-refractivity contribution in [1.29, 1.82) is 0 Å². The maximum absolute atomic E-state index is 12.6. The Labute approximate surface area is 161 Å². The van der Waals surface area contributed by atoms with Crippen LogP contribution in [-0.2, 0) is 6.54 Å². The van der Waals surface area contributed by atoms with Gasteiger partial charge in [-0.15, -0.1) is 0 Å². The minimum absolute atomic E-state index is 0.0325. The molecular weight excluding hydrogens is 340 g/mol. The second-order valence-corrected chi connectivity index (χ2v) is 8.51. The van der Waals surface area contributed by atoms with Crippen molar-refractivity contribution < 1.29 is 9.59 Å². The topological polar surface area (TPSA) is 55.9 Å². The highest BCUT2D eigenvalue weighted by molar-refractivity contribution is 5.94. The zero-order valence-corrected chi connectivity index (χ0v) is 16.2. The number of hydrogen-bond donors (Lipinski definition) is 1. The lowest BCUT2D eigenvalue weighted by molar-refractivity contribution is 0.0370. The van der Waals surface area contributed by atoms with Gasteiger partial charge < -0.3 is 20.0 Å². The minimum Gasteiger partial charge on any atom is -0.336 e. The Morgan fingerprint density at radius 1 is 0.963 bits per heavy atom. The lowest BCUT2D eigenvalue weighted by Crippen LogP contribution is -2.59. The first-order valence-corrected chi connectivity index (χ1v) is 10.1. The van der Waals surface area contributed by atoms with E-state index in [0.717, 1.165) is 50.4 Å². The molecule has 6 nitrogen and oxygen atoms in total. The fourth-order valence-corrected chi connectivity index (χ4v) is 4.60. The molecule has 0 aromatic heterocycles. The Morgan fingerprint density at radius 3 is 2.22 bits per heavy atom. The van der Waals surface area contributed by atoms with Crippen LogP contribution in [0.15, 0.2) is 24.3 Å². The van der Waals surface area contributed by atoms with Crippen LogP contribution >= 0.6 is 0 Å². The van der Waals surface area contributed by atoms with E-state index >= 15 is 0 Å². The van der Waals surface area contributed by atoms with Crippen molar-refractivity contribution in [3.8, 4) is 0 Å². The average molecular weight is 370 g/mol. The number of rotatable bonds is 3. The zero-order valence-electron chi connectivity index (χ0n) is 16.2. The first-order valence-electron chi connectivity index (χ1n) is 10.1. The molecule has 2 aliphatic heterocycles. The van der Waals surface area contributed by atoms with Crippen LogP contribution in [-0.4, -0.2) is 73.0 Å². The van der Waals surface area contributed by atoms with Crippen molar-refractivity contribution in [2.24, 2.45) is 5.41 Å². The number of likely N-dealkylation sites (tertiary alicyclic amines) is 1. The van der Waals surface area contributed by atoms with Crippen molar-refractivity contribution in [1.82, 2.24) is 20.0 Å². The molecule has 0 bridgehead atoms. The van der Waals surface area contributed by atoms with Crippen LogP contribution in [0.4, 0.5) is 4.79 Å². The fourth-order valence-electron chi connectivity index (χ4n) is 4.60. The summed E-state index contributed by atoms with van der Waals surface area (Å²) in [4.78, 5) is 31.0. The molecule has 2 heterocycles. The van der Waals surface area contributed by atoms with Gasteiger partial charge in [0, 0.05) is 56.8 Å². The third-order valence-corrected chi connectivity index (χ3v) is 6.44. The summed E-state index contributed by atoms with van der Waals surface area (Å²) >= 11 is 0. The molecule has 1 N–H and O–H groups in total. The normalized spacial score (nSPS) is 22.0. The number of benzene rings is 1. The molecule has 0 radical (unpaired) electrons. The largest absolute Gasteiger partial charge is 0.336 e. The lowest BCUT2D eigenvalue weighted by atomic mass is 9.78. The maximum atomic E-state index is 12.6. The maximum Gasteiger partial charge on any atom is 0.317 e. The van der Waals surface area contributed by atoms with Gasteiger partial charge in [0.25, 0.3) is 5.91 Å². The van der Waals surface area contributed by atoms with Crippen LogP contribution in [0.25, 0.3) is 0 Å². The molecule has 2 saturated heterocycles. The number of hydrogen-bond acceptors (Lipinski definition) is 3. The first-order chi connectivity index (χ1) is 13.0. The summed E-state index contributed by atoms with van der Waals surface area (Å²) in [5.74, 6) is 0.0983. The molecule has 6 heteroatoms. The Kier molecular flexibility index (Phi) is 5.08. The molecule has 1 saturated carbocycles. The standard InChI is InChI=1S/C21H30N4O2/c1-23-10-12-24(13-11-23)19(26)18-6-4-17(5-7-18)14-22-20(27)25-15-21(16-25)8-2-3-9-21/h4-7H,2-3,8-16H2,1H3,(H,22,27). The smallest absolute Gasteiger partial charge is 0.317 e. The van der Waals surface area contributed by atoms with E-state index in [1.807, 2.05) is 34.1 Å². The van der Waals surface area contributed by atoms with Gasteiger partial charge in [0.1, 0.15) is 0 Å². The van der Waals surface area contributed by atoms with Gasteiger partial charge in [0.05, 0.1) is 0 Å². The number of nitrogens with one attached hydrogen (secondary N) is 1. The van der Waals surface area contributed by atoms with E-state index in [4.69, 9.17) is 0 Å². The van der Waals surface area contributed by atoms with E-state index in [9.17, 15) is 9.59 Å². The van der Waals surface area contributed by atoms with Crippen LogP contribution in [0, 0.1) is 5.41 Å². The molecular formula is C21H30N4O2. The van der Waals surface area contributed by atoms with E-state index in [1.165, 1.54) is 25.7 Å². The number of carbonyl (C=O) groups is 2. The van der Waals surface area contributed by atoms with Crippen LogP contribution < -0.4 is 5.32 Å². The van der Waals surface area contributed by atoms with Gasteiger partial charge >= 0.3 is 6.03 Å². The minimum atomic E-state index is 0.0325. The summed E-state index contributed by atoms with van der Waals surface area (Å²) in [7, 11) is 2.08. The molecule has 1 aromatic rings. The number of carbonyl (C=O) groups excluding carboxylic acids is 2. The molecule has 27 heavy (non-hydrogen) atoms. The molecule has 0 atom stereocenters. The first kappa shape index (κ1) is 18.3. The van der Waals surface area contributed by atoms with Crippen LogP contribution in [0.5, 0.6) is 0 Å². The van der Waals surface area contributed by atoms with Gasteiger partial charge in [-0.05, 0) is 37.6 Å². The third kappa shape index (κ3) is 3.95. The fraction of sp³-hybridized carbons (Fsp3) is 0.619. The second-order valence-electron chi connectivity index (χ2n) is 8.51. The van der Waals surface area contributed by atoms with Crippen molar-refractivity contribution in [2.45, 2.75) is 32.2 Å². The SMILES string of the molecule is CN1CCN(C(=O)c2ccc(CNC(=O)N3CC4(CCCC4)C3)cc2)CC1. The highest BCUT2D eigenvalue weighted by Crippen LogP contribution is 2.45. The van der Waals surface area contributed by atoms with Gasteiger partial charge in [0.2, 0.25) is 0 Å². The molecule has 1 spiro atoms. The van der Waals surface area contributed by atoms with Gasteiger partial charge in [-0.1, -0.05) is 25.0 Å². The number of nitrogens with zero attached hydrogens (tertiary/aromatic N) is 3. The predicted octanol–water partition coefficient (Wildman–Crippen LogP) is 2.16. The summed E-state index contributed by atoms with van der Waals surface area (Å²) in [5.41, 5.74) is 2.18. The lowest BCUT2D eigenvalue weighted by Gasteiger charge is -2.48. The van der Waals surface area contributed by atoms with Crippen molar-refractivity contribution >= 4 is 11.9 Å².